The zero-order valence-electron chi connectivity index (χ0n) is 9.26. The second-order valence-corrected chi connectivity index (χ2v) is 5.29. The molecule has 2 N–H and O–H groups in total. The molecule has 0 aromatic carbocycles. The van der Waals surface area contributed by atoms with Gasteiger partial charge in [0.2, 0.25) is 0 Å². The Balaban J connectivity index is 1.90. The van der Waals surface area contributed by atoms with Gasteiger partial charge in [-0.25, -0.2) is 0 Å². The highest BCUT2D eigenvalue weighted by Gasteiger charge is 2.38. The van der Waals surface area contributed by atoms with Crippen LogP contribution in [0.15, 0.2) is 0 Å². The van der Waals surface area contributed by atoms with Gasteiger partial charge in [0.15, 0.2) is 0 Å². The van der Waals surface area contributed by atoms with Crippen LogP contribution < -0.4 is 5.32 Å². The van der Waals surface area contributed by atoms with Crippen molar-refractivity contribution in [3.63, 3.8) is 0 Å². The Kier molecular flexibility index (Phi) is 3.13. The molecule has 0 aliphatic heterocycles. The molecular formula is C12H23NO. The minimum Gasteiger partial charge on any atom is -0.394 e. The maximum Gasteiger partial charge on any atom is 0.0615 e. The van der Waals surface area contributed by atoms with Crippen LogP contribution in [0.25, 0.3) is 0 Å². The quantitative estimate of drug-likeness (QED) is 0.722. The largest absolute Gasteiger partial charge is 0.394 e. The van der Waals surface area contributed by atoms with Crippen LogP contribution in [0.5, 0.6) is 0 Å². The van der Waals surface area contributed by atoms with Crippen LogP contribution in [-0.2, 0) is 0 Å². The molecule has 2 aliphatic carbocycles. The van der Waals surface area contributed by atoms with E-state index in [1.807, 2.05) is 0 Å². The van der Waals surface area contributed by atoms with Crippen LogP contribution in [0.2, 0.25) is 0 Å². The Hall–Kier alpha value is -0.0800. The average molecular weight is 197 g/mol. The average Bonchev–Trinajstić information content (AvgIpc) is 3.01. The summed E-state index contributed by atoms with van der Waals surface area (Å²) in [4.78, 5) is 0. The number of aliphatic hydroxyl groups excluding tert-OH is 1. The van der Waals surface area contributed by atoms with Gasteiger partial charge in [0, 0.05) is 5.54 Å². The molecule has 0 aromatic rings. The Bertz CT molecular complexity index is 191. The van der Waals surface area contributed by atoms with Crippen LogP contribution in [0.1, 0.15) is 45.4 Å². The summed E-state index contributed by atoms with van der Waals surface area (Å²) in [5.74, 6) is 1.55. The summed E-state index contributed by atoms with van der Waals surface area (Å²) in [7, 11) is 0. The molecule has 2 saturated carbocycles. The topological polar surface area (TPSA) is 32.3 Å². The van der Waals surface area contributed by atoms with Crippen molar-refractivity contribution < 1.29 is 5.11 Å². The van der Waals surface area contributed by atoms with Crippen LogP contribution >= 0.6 is 0 Å². The highest BCUT2D eigenvalue weighted by atomic mass is 16.3. The van der Waals surface area contributed by atoms with Crippen molar-refractivity contribution in [3.05, 3.63) is 0 Å². The molecule has 0 heterocycles. The molecule has 2 fully saturated rings. The summed E-state index contributed by atoms with van der Waals surface area (Å²) in [6.45, 7) is 3.74. The van der Waals surface area contributed by atoms with Gasteiger partial charge >= 0.3 is 0 Å². The van der Waals surface area contributed by atoms with Crippen molar-refractivity contribution in [1.29, 1.82) is 0 Å². The van der Waals surface area contributed by atoms with Gasteiger partial charge in [-0.1, -0.05) is 19.8 Å². The van der Waals surface area contributed by atoms with Gasteiger partial charge in [0.1, 0.15) is 0 Å². The first-order valence-corrected chi connectivity index (χ1v) is 6.13. The van der Waals surface area contributed by atoms with Crippen LogP contribution in [0.3, 0.4) is 0 Å². The van der Waals surface area contributed by atoms with Crippen molar-refractivity contribution >= 4 is 0 Å². The number of rotatable bonds is 4. The summed E-state index contributed by atoms with van der Waals surface area (Å²) in [5.41, 5.74) is 0.0564. The molecule has 2 unspecified atom stereocenters. The molecule has 0 bridgehead atoms. The van der Waals surface area contributed by atoms with Crippen molar-refractivity contribution in [2.24, 2.45) is 11.8 Å². The highest BCUT2D eigenvalue weighted by Crippen LogP contribution is 2.35. The van der Waals surface area contributed by atoms with E-state index in [0.717, 1.165) is 18.9 Å². The van der Waals surface area contributed by atoms with E-state index in [-0.39, 0.29) is 5.54 Å². The van der Waals surface area contributed by atoms with Gasteiger partial charge < -0.3 is 10.4 Å². The molecule has 2 nitrogen and oxygen atoms in total. The Morgan fingerprint density at radius 3 is 2.64 bits per heavy atom. The van der Waals surface area contributed by atoms with Crippen molar-refractivity contribution in [1.82, 2.24) is 5.32 Å². The summed E-state index contributed by atoms with van der Waals surface area (Å²) < 4.78 is 0. The molecule has 14 heavy (non-hydrogen) atoms. The first-order chi connectivity index (χ1) is 6.77. The van der Waals surface area contributed by atoms with Crippen molar-refractivity contribution in [3.8, 4) is 0 Å². The SMILES string of the molecule is CC1CCCCC1(CO)NCC1CC1. The summed E-state index contributed by atoms with van der Waals surface area (Å²) >= 11 is 0. The van der Waals surface area contributed by atoms with E-state index in [1.54, 1.807) is 0 Å². The molecule has 0 radical (unpaired) electrons. The molecule has 2 heteroatoms. The first kappa shape index (κ1) is 10.4. The third-order valence-corrected chi connectivity index (χ3v) is 4.18. The fourth-order valence-electron chi connectivity index (χ4n) is 2.64. The van der Waals surface area contributed by atoms with Gasteiger partial charge in [0.05, 0.1) is 6.61 Å². The van der Waals surface area contributed by atoms with E-state index in [9.17, 15) is 5.11 Å². The number of nitrogens with one attached hydrogen (secondary N) is 1. The lowest BCUT2D eigenvalue weighted by atomic mass is 9.74. The molecule has 0 aromatic heterocycles. The summed E-state index contributed by atoms with van der Waals surface area (Å²) in [5, 5.41) is 13.2. The minimum atomic E-state index is 0.0564. The number of hydrogen-bond donors (Lipinski definition) is 2. The molecule has 2 atom stereocenters. The fraction of sp³-hybridized carbons (Fsp3) is 1.00. The van der Waals surface area contributed by atoms with E-state index in [0.29, 0.717) is 12.5 Å². The van der Waals surface area contributed by atoms with Gasteiger partial charge in [0.25, 0.3) is 0 Å². The summed E-state index contributed by atoms with van der Waals surface area (Å²) in [6, 6.07) is 0. The van der Waals surface area contributed by atoms with Gasteiger partial charge in [-0.15, -0.1) is 0 Å². The standard InChI is InChI=1S/C12H23NO/c1-10-4-2-3-7-12(10,9-14)13-8-11-5-6-11/h10-11,13-14H,2-9H2,1H3. The van der Waals surface area contributed by atoms with Crippen LogP contribution in [-0.4, -0.2) is 23.8 Å². The molecule has 0 saturated heterocycles. The second kappa shape index (κ2) is 4.19. The van der Waals surface area contributed by atoms with Crippen LogP contribution in [0.4, 0.5) is 0 Å². The van der Waals surface area contributed by atoms with E-state index in [4.69, 9.17) is 0 Å². The normalized spacial score (nSPS) is 38.6. The van der Waals surface area contributed by atoms with E-state index < -0.39 is 0 Å². The third-order valence-electron chi connectivity index (χ3n) is 4.18. The molecule has 82 valence electrons. The van der Waals surface area contributed by atoms with Gasteiger partial charge in [-0.05, 0) is 44.1 Å². The Morgan fingerprint density at radius 1 is 1.29 bits per heavy atom. The maximum absolute atomic E-state index is 9.58. The lowest BCUT2D eigenvalue weighted by Crippen LogP contribution is -2.55. The number of hydrogen-bond acceptors (Lipinski definition) is 2. The zero-order valence-corrected chi connectivity index (χ0v) is 9.26. The summed E-state index contributed by atoms with van der Waals surface area (Å²) in [6.07, 6.45) is 7.85. The molecular weight excluding hydrogens is 174 g/mol. The molecule has 0 amide bonds. The zero-order chi connectivity index (χ0) is 10.0. The van der Waals surface area contributed by atoms with E-state index >= 15 is 0 Å². The minimum absolute atomic E-state index is 0.0564. The molecule has 2 rings (SSSR count). The van der Waals surface area contributed by atoms with Crippen LogP contribution in [0, 0.1) is 11.8 Å². The predicted octanol–water partition coefficient (Wildman–Crippen LogP) is 1.93. The van der Waals surface area contributed by atoms with E-state index in [1.165, 1.54) is 32.1 Å². The van der Waals surface area contributed by atoms with Gasteiger partial charge in [-0.2, -0.15) is 0 Å². The third kappa shape index (κ3) is 2.12. The second-order valence-electron chi connectivity index (χ2n) is 5.29. The lowest BCUT2D eigenvalue weighted by molar-refractivity contribution is 0.0738. The Morgan fingerprint density at radius 2 is 2.07 bits per heavy atom. The number of aliphatic hydroxyl groups is 1. The first-order valence-electron chi connectivity index (χ1n) is 6.13. The maximum atomic E-state index is 9.58. The molecule has 2 aliphatic rings. The smallest absolute Gasteiger partial charge is 0.0615 e. The van der Waals surface area contributed by atoms with E-state index in [2.05, 4.69) is 12.2 Å². The highest BCUT2D eigenvalue weighted by molar-refractivity contribution is 4.96. The predicted molar refractivity (Wildman–Crippen MR) is 58.2 cm³/mol. The fourth-order valence-corrected chi connectivity index (χ4v) is 2.64. The van der Waals surface area contributed by atoms with Crippen molar-refractivity contribution in [2.75, 3.05) is 13.2 Å². The lowest BCUT2D eigenvalue weighted by Gasteiger charge is -2.42. The van der Waals surface area contributed by atoms with Gasteiger partial charge in [-0.3, -0.25) is 0 Å². The molecule has 0 spiro atoms. The Labute approximate surface area is 87.1 Å². The monoisotopic (exact) mass is 197 g/mol. The van der Waals surface area contributed by atoms with Crippen molar-refractivity contribution in [2.45, 2.75) is 51.0 Å².